The standard InChI is InChI=1S/C32H30N6O3S/c39-30-29(42-32(40)37-30)19-25-11-15-35-31(36-25)38-16-12-22(13-17-38)20-33-21-23-10-14-34-28(18-23)24-6-8-27(9-7-24)41-26-4-2-1-3-5-26/h1-11,14-15,18-19,22,33H,12-13,16-17,20-21H2,(H,37,39,40)/b29-19+. The third kappa shape index (κ3) is 7.02. The average Bonchev–Trinajstić information content (AvgIpc) is 3.34. The first-order valence-corrected chi connectivity index (χ1v) is 14.7. The second-order valence-corrected chi connectivity index (χ2v) is 11.2. The molecule has 9 nitrogen and oxygen atoms in total. The molecule has 0 spiro atoms. The van der Waals surface area contributed by atoms with Crippen molar-refractivity contribution in [3.8, 4) is 22.8 Å². The van der Waals surface area contributed by atoms with Crippen molar-refractivity contribution < 1.29 is 14.3 Å². The van der Waals surface area contributed by atoms with Crippen LogP contribution < -0.4 is 20.3 Å². The monoisotopic (exact) mass is 578 g/mol. The van der Waals surface area contributed by atoms with E-state index in [4.69, 9.17) is 4.74 Å². The Labute approximate surface area is 248 Å². The maximum absolute atomic E-state index is 11.8. The molecule has 2 amide bonds. The maximum Gasteiger partial charge on any atom is 0.290 e. The largest absolute Gasteiger partial charge is 0.457 e. The number of anilines is 1. The van der Waals surface area contributed by atoms with Crippen molar-refractivity contribution in [1.29, 1.82) is 0 Å². The van der Waals surface area contributed by atoms with Gasteiger partial charge in [-0.1, -0.05) is 18.2 Å². The van der Waals surface area contributed by atoms with Crippen LogP contribution in [-0.2, 0) is 11.3 Å². The van der Waals surface area contributed by atoms with Crippen molar-refractivity contribution in [1.82, 2.24) is 25.6 Å². The molecular formula is C32H30N6O3S. The van der Waals surface area contributed by atoms with Crippen LogP contribution in [0.15, 0.2) is 90.1 Å². The zero-order valence-corrected chi connectivity index (χ0v) is 23.7. The van der Waals surface area contributed by atoms with E-state index in [1.807, 2.05) is 60.8 Å². The summed E-state index contributed by atoms with van der Waals surface area (Å²) in [6.45, 7) is 3.44. The third-order valence-corrected chi connectivity index (χ3v) is 8.01. The van der Waals surface area contributed by atoms with Gasteiger partial charge in [0, 0.05) is 37.6 Å². The van der Waals surface area contributed by atoms with Crippen LogP contribution in [0.5, 0.6) is 11.5 Å². The number of hydrogen-bond acceptors (Lipinski definition) is 9. The number of carbonyl (C=O) groups is 2. The van der Waals surface area contributed by atoms with Gasteiger partial charge in [0.2, 0.25) is 5.95 Å². The van der Waals surface area contributed by atoms with Crippen LogP contribution in [0, 0.1) is 5.92 Å². The first-order chi connectivity index (χ1) is 20.6. The van der Waals surface area contributed by atoms with E-state index in [0.717, 1.165) is 73.5 Å². The minimum absolute atomic E-state index is 0.349. The van der Waals surface area contributed by atoms with Gasteiger partial charge in [-0.3, -0.25) is 19.9 Å². The number of rotatable bonds is 9. The van der Waals surface area contributed by atoms with E-state index in [-0.39, 0.29) is 11.1 Å². The molecule has 2 fully saturated rings. The molecule has 2 aromatic heterocycles. The van der Waals surface area contributed by atoms with Gasteiger partial charge in [-0.15, -0.1) is 0 Å². The van der Waals surface area contributed by atoms with Crippen molar-refractivity contribution in [2.24, 2.45) is 5.92 Å². The van der Waals surface area contributed by atoms with Gasteiger partial charge in [-0.2, -0.15) is 0 Å². The van der Waals surface area contributed by atoms with E-state index >= 15 is 0 Å². The Balaban J connectivity index is 0.976. The highest BCUT2D eigenvalue weighted by atomic mass is 32.2. The fourth-order valence-electron chi connectivity index (χ4n) is 4.97. The van der Waals surface area contributed by atoms with E-state index in [1.54, 1.807) is 18.3 Å². The third-order valence-electron chi connectivity index (χ3n) is 7.20. The molecule has 10 heteroatoms. The van der Waals surface area contributed by atoms with E-state index in [2.05, 4.69) is 42.6 Å². The molecule has 2 N–H and O–H groups in total. The number of nitrogens with zero attached hydrogens (tertiary/aromatic N) is 4. The van der Waals surface area contributed by atoms with Gasteiger partial charge in [0.1, 0.15) is 11.5 Å². The van der Waals surface area contributed by atoms with E-state index in [9.17, 15) is 9.59 Å². The van der Waals surface area contributed by atoms with Crippen molar-refractivity contribution in [2.45, 2.75) is 19.4 Å². The van der Waals surface area contributed by atoms with Crippen LogP contribution in [0.3, 0.4) is 0 Å². The molecule has 4 heterocycles. The number of amides is 2. The highest BCUT2D eigenvalue weighted by molar-refractivity contribution is 8.18. The zero-order valence-electron chi connectivity index (χ0n) is 22.9. The van der Waals surface area contributed by atoms with Gasteiger partial charge in [0.05, 0.1) is 16.3 Å². The van der Waals surface area contributed by atoms with Crippen molar-refractivity contribution in [3.63, 3.8) is 0 Å². The number of ether oxygens (including phenoxy) is 1. The Morgan fingerprint density at radius 1 is 0.952 bits per heavy atom. The fraction of sp³-hybridized carbons (Fsp3) is 0.219. The molecule has 0 bridgehead atoms. The lowest BCUT2D eigenvalue weighted by Gasteiger charge is -2.32. The van der Waals surface area contributed by atoms with E-state index in [0.29, 0.717) is 22.5 Å². The fourth-order valence-corrected chi connectivity index (χ4v) is 5.64. The Morgan fingerprint density at radius 2 is 1.71 bits per heavy atom. The SMILES string of the molecule is O=C1NC(=O)/C(=C\c2ccnc(N3CCC(CNCc4ccnc(-c5ccc(Oc6ccccc6)cc5)c4)CC3)n2)S1. The summed E-state index contributed by atoms with van der Waals surface area (Å²) in [7, 11) is 0. The molecule has 2 saturated heterocycles. The molecule has 0 unspecified atom stereocenters. The van der Waals surface area contributed by atoms with Crippen molar-refractivity contribution in [3.05, 3.63) is 101 Å². The Kier molecular flexibility index (Phi) is 8.53. The molecule has 0 radical (unpaired) electrons. The second kappa shape index (κ2) is 13.0. The first-order valence-electron chi connectivity index (χ1n) is 13.9. The van der Waals surface area contributed by atoms with Crippen LogP contribution in [0.25, 0.3) is 17.3 Å². The lowest BCUT2D eigenvalue weighted by Crippen LogP contribution is -2.38. The average molecular weight is 579 g/mol. The highest BCUT2D eigenvalue weighted by Crippen LogP contribution is 2.27. The molecule has 0 aliphatic carbocycles. The highest BCUT2D eigenvalue weighted by Gasteiger charge is 2.25. The molecular weight excluding hydrogens is 548 g/mol. The van der Waals surface area contributed by atoms with Crippen molar-refractivity contribution >= 4 is 34.9 Å². The summed E-state index contributed by atoms with van der Waals surface area (Å²) in [6, 6.07) is 23.7. The van der Waals surface area contributed by atoms with Crippen molar-refractivity contribution in [2.75, 3.05) is 24.5 Å². The predicted octanol–water partition coefficient (Wildman–Crippen LogP) is 5.66. The minimum atomic E-state index is -0.384. The Bertz CT molecular complexity index is 1590. The first kappa shape index (κ1) is 27.6. The topological polar surface area (TPSA) is 109 Å². The second-order valence-electron chi connectivity index (χ2n) is 10.2. The number of hydrogen-bond donors (Lipinski definition) is 2. The van der Waals surface area contributed by atoms with Gasteiger partial charge in [-0.05, 0) is 103 Å². The van der Waals surface area contributed by atoms with Gasteiger partial charge in [0.15, 0.2) is 0 Å². The Morgan fingerprint density at radius 3 is 2.48 bits per heavy atom. The number of piperidine rings is 1. The van der Waals surface area contributed by atoms with E-state index in [1.165, 1.54) is 5.56 Å². The zero-order chi connectivity index (χ0) is 28.7. The lowest BCUT2D eigenvalue weighted by molar-refractivity contribution is -0.115. The summed E-state index contributed by atoms with van der Waals surface area (Å²) < 4.78 is 5.90. The molecule has 2 aliphatic rings. The summed E-state index contributed by atoms with van der Waals surface area (Å²) >= 11 is 0.889. The molecule has 6 rings (SSSR count). The van der Waals surface area contributed by atoms with Crippen LogP contribution in [0.4, 0.5) is 10.7 Å². The molecule has 212 valence electrons. The molecule has 4 aromatic rings. The lowest BCUT2D eigenvalue weighted by atomic mass is 9.97. The summed E-state index contributed by atoms with van der Waals surface area (Å²) in [6.07, 6.45) is 7.25. The smallest absolute Gasteiger partial charge is 0.290 e. The number of pyridine rings is 1. The summed E-state index contributed by atoms with van der Waals surface area (Å²) in [5.74, 6) is 2.43. The number of carbonyl (C=O) groups excluding carboxylic acids is 2. The summed E-state index contributed by atoms with van der Waals surface area (Å²) in [4.78, 5) is 39.4. The molecule has 42 heavy (non-hydrogen) atoms. The maximum atomic E-state index is 11.8. The molecule has 0 atom stereocenters. The number of imide groups is 1. The van der Waals surface area contributed by atoms with Crippen LogP contribution in [-0.4, -0.2) is 45.7 Å². The number of para-hydroxylation sites is 1. The summed E-state index contributed by atoms with van der Waals surface area (Å²) in [5, 5.41) is 5.53. The van der Waals surface area contributed by atoms with Gasteiger partial charge in [-0.25, -0.2) is 9.97 Å². The van der Waals surface area contributed by atoms with E-state index < -0.39 is 0 Å². The van der Waals surface area contributed by atoms with Gasteiger partial charge >= 0.3 is 0 Å². The minimum Gasteiger partial charge on any atom is -0.457 e. The molecule has 2 aliphatic heterocycles. The number of thioether (sulfide) groups is 1. The van der Waals surface area contributed by atoms with Gasteiger partial charge < -0.3 is 15.0 Å². The molecule has 2 aromatic carbocycles. The number of benzene rings is 2. The van der Waals surface area contributed by atoms with Crippen LogP contribution in [0.1, 0.15) is 24.1 Å². The number of nitrogens with one attached hydrogen (secondary N) is 2. The Hall–Kier alpha value is -4.54. The van der Waals surface area contributed by atoms with Crippen LogP contribution >= 0.6 is 11.8 Å². The quantitative estimate of drug-likeness (QED) is 0.243. The molecule has 0 saturated carbocycles. The summed E-state index contributed by atoms with van der Waals surface area (Å²) in [5.41, 5.74) is 3.79. The normalized spacial score (nSPS) is 16.6. The van der Waals surface area contributed by atoms with Crippen LogP contribution in [0.2, 0.25) is 0 Å². The predicted molar refractivity (Wildman–Crippen MR) is 164 cm³/mol. The number of aromatic nitrogens is 3. The van der Waals surface area contributed by atoms with Gasteiger partial charge in [0.25, 0.3) is 11.1 Å².